The van der Waals surface area contributed by atoms with E-state index in [1.54, 1.807) is 6.07 Å². The van der Waals surface area contributed by atoms with Crippen molar-refractivity contribution in [3.63, 3.8) is 0 Å². The standard InChI is InChI=1S/C14H19FN4S/c1-4-13-17-14(20-18-13)16-8-10-5-6-11(9-19(2)3)12(15)7-10/h5-7H,4,8-9H2,1-3H3,(H,16,17,18). The molecule has 1 heterocycles. The summed E-state index contributed by atoms with van der Waals surface area (Å²) in [6, 6.07) is 5.36. The first kappa shape index (κ1) is 14.9. The topological polar surface area (TPSA) is 41.1 Å². The minimum absolute atomic E-state index is 0.162. The van der Waals surface area contributed by atoms with Gasteiger partial charge in [-0.05, 0) is 25.7 Å². The largest absolute Gasteiger partial charge is 0.356 e. The van der Waals surface area contributed by atoms with Crippen LogP contribution in [0, 0.1) is 5.82 Å². The minimum atomic E-state index is -0.162. The van der Waals surface area contributed by atoms with Crippen molar-refractivity contribution in [1.29, 1.82) is 0 Å². The molecule has 0 fully saturated rings. The first-order valence-corrected chi connectivity index (χ1v) is 7.34. The predicted octanol–water partition coefficient (Wildman–Crippen LogP) is 2.91. The van der Waals surface area contributed by atoms with Gasteiger partial charge in [0.05, 0.1) is 0 Å². The molecule has 0 bridgehead atoms. The van der Waals surface area contributed by atoms with Crippen molar-refractivity contribution in [2.75, 3.05) is 19.4 Å². The van der Waals surface area contributed by atoms with Crippen LogP contribution in [0.2, 0.25) is 0 Å². The third kappa shape index (κ3) is 3.98. The third-order valence-corrected chi connectivity index (χ3v) is 3.54. The van der Waals surface area contributed by atoms with Gasteiger partial charge in [-0.15, -0.1) is 0 Å². The first-order chi connectivity index (χ1) is 9.58. The predicted molar refractivity (Wildman–Crippen MR) is 80.4 cm³/mol. The number of hydrogen-bond acceptors (Lipinski definition) is 5. The van der Waals surface area contributed by atoms with Crippen LogP contribution < -0.4 is 5.32 Å². The van der Waals surface area contributed by atoms with Gasteiger partial charge in [-0.1, -0.05) is 19.1 Å². The lowest BCUT2D eigenvalue weighted by Gasteiger charge is -2.11. The van der Waals surface area contributed by atoms with E-state index >= 15 is 0 Å². The summed E-state index contributed by atoms with van der Waals surface area (Å²) < 4.78 is 18.1. The Kier molecular flexibility index (Phi) is 5.03. The molecule has 0 unspecified atom stereocenters. The second-order valence-electron chi connectivity index (χ2n) is 4.89. The van der Waals surface area contributed by atoms with Crippen LogP contribution in [0.4, 0.5) is 9.52 Å². The summed E-state index contributed by atoms with van der Waals surface area (Å²) in [5.41, 5.74) is 1.61. The van der Waals surface area contributed by atoms with E-state index in [2.05, 4.69) is 14.7 Å². The molecule has 0 aliphatic carbocycles. The quantitative estimate of drug-likeness (QED) is 0.889. The molecule has 20 heavy (non-hydrogen) atoms. The Bertz CT molecular complexity index is 568. The fraction of sp³-hybridized carbons (Fsp3) is 0.429. The molecule has 1 aromatic heterocycles. The number of nitrogens with zero attached hydrogens (tertiary/aromatic N) is 3. The van der Waals surface area contributed by atoms with E-state index in [0.29, 0.717) is 18.7 Å². The molecule has 2 rings (SSSR count). The lowest BCUT2D eigenvalue weighted by molar-refractivity contribution is 0.392. The molecule has 0 amide bonds. The molecule has 0 saturated carbocycles. The Balaban J connectivity index is 1.97. The van der Waals surface area contributed by atoms with Crippen molar-refractivity contribution in [3.05, 3.63) is 41.0 Å². The zero-order valence-electron chi connectivity index (χ0n) is 12.0. The van der Waals surface area contributed by atoms with Gasteiger partial charge in [0.15, 0.2) is 0 Å². The van der Waals surface area contributed by atoms with Gasteiger partial charge in [0.1, 0.15) is 11.6 Å². The molecular formula is C14H19FN4S. The summed E-state index contributed by atoms with van der Waals surface area (Å²) in [5, 5.41) is 3.95. The number of aromatic nitrogens is 2. The Morgan fingerprint density at radius 1 is 1.35 bits per heavy atom. The summed E-state index contributed by atoms with van der Waals surface area (Å²) in [5.74, 6) is 0.675. The maximum atomic E-state index is 13.9. The SMILES string of the molecule is CCc1nsc(NCc2ccc(CN(C)C)c(F)c2)n1. The van der Waals surface area contributed by atoms with Crippen molar-refractivity contribution in [3.8, 4) is 0 Å². The van der Waals surface area contributed by atoms with E-state index in [0.717, 1.165) is 22.9 Å². The number of anilines is 1. The van der Waals surface area contributed by atoms with Crippen LogP contribution in [0.5, 0.6) is 0 Å². The molecule has 108 valence electrons. The number of benzene rings is 1. The third-order valence-electron chi connectivity index (χ3n) is 2.83. The van der Waals surface area contributed by atoms with Crippen molar-refractivity contribution in [1.82, 2.24) is 14.3 Å². The number of halogens is 1. The monoisotopic (exact) mass is 294 g/mol. The molecule has 0 spiro atoms. The van der Waals surface area contributed by atoms with Gasteiger partial charge < -0.3 is 10.2 Å². The molecule has 0 aliphatic rings. The highest BCUT2D eigenvalue weighted by Crippen LogP contribution is 2.15. The Hall–Kier alpha value is -1.53. The number of aryl methyl sites for hydroxylation is 1. The number of nitrogens with one attached hydrogen (secondary N) is 1. The van der Waals surface area contributed by atoms with E-state index in [9.17, 15) is 4.39 Å². The highest BCUT2D eigenvalue weighted by atomic mass is 32.1. The average Bonchev–Trinajstić information content (AvgIpc) is 2.87. The second kappa shape index (κ2) is 6.76. The molecule has 2 aromatic rings. The summed E-state index contributed by atoms with van der Waals surface area (Å²) in [6.45, 7) is 3.18. The molecular weight excluding hydrogens is 275 g/mol. The molecule has 0 aliphatic heterocycles. The Labute approximate surface area is 122 Å². The maximum Gasteiger partial charge on any atom is 0.202 e. The normalized spacial score (nSPS) is 11.1. The summed E-state index contributed by atoms with van der Waals surface area (Å²) in [7, 11) is 3.85. The molecule has 6 heteroatoms. The smallest absolute Gasteiger partial charge is 0.202 e. The second-order valence-corrected chi connectivity index (χ2v) is 5.64. The summed E-state index contributed by atoms with van der Waals surface area (Å²) in [4.78, 5) is 6.27. The fourth-order valence-electron chi connectivity index (χ4n) is 1.82. The van der Waals surface area contributed by atoms with Crippen LogP contribution >= 0.6 is 11.5 Å². The zero-order valence-corrected chi connectivity index (χ0v) is 12.8. The fourth-order valence-corrected chi connectivity index (χ4v) is 2.46. The molecule has 0 atom stereocenters. The van der Waals surface area contributed by atoms with E-state index in [-0.39, 0.29) is 5.82 Å². The van der Waals surface area contributed by atoms with Crippen LogP contribution in [0.25, 0.3) is 0 Å². The lowest BCUT2D eigenvalue weighted by Crippen LogP contribution is -2.12. The molecule has 4 nitrogen and oxygen atoms in total. The maximum absolute atomic E-state index is 13.9. The van der Waals surface area contributed by atoms with Gasteiger partial charge in [-0.2, -0.15) is 4.37 Å². The van der Waals surface area contributed by atoms with E-state index in [1.165, 1.54) is 11.5 Å². The highest BCUT2D eigenvalue weighted by molar-refractivity contribution is 7.09. The Morgan fingerprint density at radius 2 is 2.15 bits per heavy atom. The van der Waals surface area contributed by atoms with E-state index in [1.807, 2.05) is 38.1 Å². The minimum Gasteiger partial charge on any atom is -0.356 e. The highest BCUT2D eigenvalue weighted by Gasteiger charge is 2.06. The van der Waals surface area contributed by atoms with Crippen molar-refractivity contribution in [2.24, 2.45) is 0 Å². The summed E-state index contributed by atoms with van der Waals surface area (Å²) in [6.07, 6.45) is 0.825. The molecule has 0 radical (unpaired) electrons. The molecule has 1 N–H and O–H groups in total. The van der Waals surface area contributed by atoms with Gasteiger partial charge >= 0.3 is 0 Å². The Morgan fingerprint density at radius 3 is 2.75 bits per heavy atom. The van der Waals surface area contributed by atoms with Gasteiger partial charge in [-0.25, -0.2) is 9.37 Å². The van der Waals surface area contributed by atoms with Gasteiger partial charge in [0, 0.05) is 36.6 Å². The van der Waals surface area contributed by atoms with Crippen LogP contribution in [0.3, 0.4) is 0 Å². The summed E-state index contributed by atoms with van der Waals surface area (Å²) >= 11 is 1.34. The van der Waals surface area contributed by atoms with E-state index < -0.39 is 0 Å². The van der Waals surface area contributed by atoms with Crippen LogP contribution in [0.15, 0.2) is 18.2 Å². The molecule has 0 saturated heterocycles. The number of hydrogen-bond donors (Lipinski definition) is 1. The van der Waals surface area contributed by atoms with Crippen LogP contribution in [-0.4, -0.2) is 28.4 Å². The van der Waals surface area contributed by atoms with Crippen LogP contribution in [0.1, 0.15) is 23.9 Å². The number of rotatable bonds is 6. The van der Waals surface area contributed by atoms with Gasteiger partial charge in [0.2, 0.25) is 5.13 Å². The van der Waals surface area contributed by atoms with Crippen LogP contribution in [-0.2, 0) is 19.5 Å². The first-order valence-electron chi connectivity index (χ1n) is 6.57. The van der Waals surface area contributed by atoms with Crippen molar-refractivity contribution >= 4 is 16.7 Å². The van der Waals surface area contributed by atoms with Crippen molar-refractivity contribution < 1.29 is 4.39 Å². The van der Waals surface area contributed by atoms with Gasteiger partial charge in [-0.3, -0.25) is 0 Å². The zero-order chi connectivity index (χ0) is 14.5. The van der Waals surface area contributed by atoms with E-state index in [4.69, 9.17) is 0 Å². The average molecular weight is 294 g/mol. The molecule has 1 aromatic carbocycles. The lowest BCUT2D eigenvalue weighted by atomic mass is 10.1. The van der Waals surface area contributed by atoms with Crippen molar-refractivity contribution in [2.45, 2.75) is 26.4 Å². The van der Waals surface area contributed by atoms with Gasteiger partial charge in [0.25, 0.3) is 0 Å².